The minimum atomic E-state index is -0.258. The van der Waals surface area contributed by atoms with Gasteiger partial charge in [-0.2, -0.15) is 0 Å². The van der Waals surface area contributed by atoms with E-state index in [9.17, 15) is 9.90 Å². The number of aromatic hydroxyl groups is 1. The van der Waals surface area contributed by atoms with E-state index in [4.69, 9.17) is 9.47 Å². The highest BCUT2D eigenvalue weighted by molar-refractivity contribution is 5.83. The summed E-state index contributed by atoms with van der Waals surface area (Å²) in [5.74, 6) is 1.18. The summed E-state index contributed by atoms with van der Waals surface area (Å²) in [6, 6.07) is 9.18. The van der Waals surface area contributed by atoms with Crippen LogP contribution in [0.15, 0.2) is 41.3 Å². The van der Waals surface area contributed by atoms with Crippen LogP contribution in [0.25, 0.3) is 11.0 Å². The average molecular weight is 326 g/mol. The van der Waals surface area contributed by atoms with E-state index < -0.39 is 0 Å². The maximum absolute atomic E-state index is 12.6. The van der Waals surface area contributed by atoms with Gasteiger partial charge in [0.15, 0.2) is 5.75 Å². The molecule has 0 atom stereocenters. The maximum Gasteiger partial charge on any atom is 0.258 e. The molecule has 124 valence electrons. The van der Waals surface area contributed by atoms with E-state index >= 15 is 0 Å². The number of nitrogens with zero attached hydrogens (tertiary/aromatic N) is 2. The van der Waals surface area contributed by atoms with Crippen LogP contribution in [0, 0.1) is 6.92 Å². The Morgan fingerprint density at radius 1 is 1.12 bits per heavy atom. The van der Waals surface area contributed by atoms with Gasteiger partial charge in [0.2, 0.25) is 0 Å². The van der Waals surface area contributed by atoms with Gasteiger partial charge in [-0.3, -0.25) is 4.79 Å². The molecule has 2 aromatic heterocycles. The number of ether oxygens (including phenoxy) is 2. The van der Waals surface area contributed by atoms with Crippen molar-refractivity contribution < 1.29 is 14.6 Å². The standard InChI is InChI=1S/C18H18N2O4/c1-11-17(21)16-15(8-14(24-3)9-19-16)20(18(11)22)10-12-4-6-13(23-2)7-5-12/h4-9,21H,10H2,1-3H3. The third-order valence-corrected chi connectivity index (χ3v) is 4.01. The van der Waals surface area contributed by atoms with Gasteiger partial charge in [0, 0.05) is 6.07 Å². The third-order valence-electron chi connectivity index (χ3n) is 4.01. The number of pyridine rings is 2. The monoisotopic (exact) mass is 326 g/mol. The first kappa shape index (κ1) is 15.9. The predicted molar refractivity (Wildman–Crippen MR) is 91.1 cm³/mol. The van der Waals surface area contributed by atoms with Crippen molar-refractivity contribution in [2.75, 3.05) is 14.2 Å². The smallest absolute Gasteiger partial charge is 0.258 e. The zero-order valence-corrected chi connectivity index (χ0v) is 13.7. The molecule has 0 aliphatic rings. The van der Waals surface area contributed by atoms with Crippen LogP contribution in [0.3, 0.4) is 0 Å². The highest BCUT2D eigenvalue weighted by Gasteiger charge is 2.15. The molecule has 3 rings (SSSR count). The molecule has 0 unspecified atom stereocenters. The van der Waals surface area contributed by atoms with Crippen LogP contribution in [0.5, 0.6) is 17.2 Å². The largest absolute Gasteiger partial charge is 0.505 e. The maximum atomic E-state index is 12.6. The molecule has 0 amide bonds. The van der Waals surface area contributed by atoms with Gasteiger partial charge in [0.25, 0.3) is 5.56 Å². The first-order valence-corrected chi connectivity index (χ1v) is 7.44. The van der Waals surface area contributed by atoms with Gasteiger partial charge in [-0.05, 0) is 24.6 Å². The molecule has 6 heteroatoms. The van der Waals surface area contributed by atoms with Crippen LogP contribution in [0.4, 0.5) is 0 Å². The van der Waals surface area contributed by atoms with Crippen LogP contribution in [-0.2, 0) is 6.54 Å². The molecule has 3 aromatic rings. The first-order valence-electron chi connectivity index (χ1n) is 7.44. The van der Waals surface area contributed by atoms with Gasteiger partial charge in [-0.25, -0.2) is 4.98 Å². The number of benzene rings is 1. The fraction of sp³-hybridized carbons (Fsp3) is 0.222. The van der Waals surface area contributed by atoms with Gasteiger partial charge in [-0.1, -0.05) is 12.1 Å². The van der Waals surface area contributed by atoms with Crippen LogP contribution in [0.1, 0.15) is 11.1 Å². The lowest BCUT2D eigenvalue weighted by molar-refractivity contribution is 0.413. The van der Waals surface area contributed by atoms with E-state index in [0.717, 1.165) is 11.3 Å². The molecule has 0 aliphatic carbocycles. The molecule has 0 saturated carbocycles. The molecule has 0 radical (unpaired) electrons. The van der Waals surface area contributed by atoms with Crippen LogP contribution >= 0.6 is 0 Å². The predicted octanol–water partition coefficient (Wildman–Crippen LogP) is 2.48. The van der Waals surface area contributed by atoms with E-state index in [0.29, 0.717) is 23.3 Å². The lowest BCUT2D eigenvalue weighted by Crippen LogP contribution is -2.23. The summed E-state index contributed by atoms with van der Waals surface area (Å²) in [6.45, 7) is 1.95. The van der Waals surface area contributed by atoms with Crippen molar-refractivity contribution in [2.45, 2.75) is 13.5 Å². The summed E-state index contributed by atoms with van der Waals surface area (Å²) in [5, 5.41) is 10.2. The molecule has 0 spiro atoms. The van der Waals surface area contributed by atoms with Crippen LogP contribution < -0.4 is 15.0 Å². The number of rotatable bonds is 4. The van der Waals surface area contributed by atoms with Crippen LogP contribution in [-0.4, -0.2) is 28.9 Å². The SMILES string of the molecule is COc1ccc(Cn2c(=O)c(C)c(O)c3ncc(OC)cc32)cc1. The second-order valence-electron chi connectivity index (χ2n) is 5.46. The fourth-order valence-corrected chi connectivity index (χ4v) is 2.60. The summed E-state index contributed by atoms with van der Waals surface area (Å²) in [5.41, 5.74) is 1.85. The van der Waals surface area contributed by atoms with E-state index in [2.05, 4.69) is 4.98 Å². The Morgan fingerprint density at radius 3 is 2.42 bits per heavy atom. The Kier molecular flexibility index (Phi) is 4.12. The molecule has 0 fully saturated rings. The van der Waals surface area contributed by atoms with Gasteiger partial charge in [0.1, 0.15) is 17.0 Å². The zero-order chi connectivity index (χ0) is 17.3. The average Bonchev–Trinajstić information content (AvgIpc) is 2.63. The van der Waals surface area contributed by atoms with E-state index in [-0.39, 0.29) is 16.9 Å². The normalized spacial score (nSPS) is 10.8. The summed E-state index contributed by atoms with van der Waals surface area (Å²) in [7, 11) is 3.14. The minimum Gasteiger partial charge on any atom is -0.505 e. The second kappa shape index (κ2) is 6.23. The highest BCUT2D eigenvalue weighted by atomic mass is 16.5. The Hall–Kier alpha value is -3.02. The molecule has 6 nitrogen and oxygen atoms in total. The zero-order valence-electron chi connectivity index (χ0n) is 13.7. The molecular weight excluding hydrogens is 308 g/mol. The van der Waals surface area contributed by atoms with Gasteiger partial charge < -0.3 is 19.1 Å². The summed E-state index contributed by atoms with van der Waals surface area (Å²) < 4.78 is 11.9. The number of hydrogen-bond donors (Lipinski definition) is 1. The third kappa shape index (κ3) is 2.67. The molecule has 2 heterocycles. The lowest BCUT2D eigenvalue weighted by atomic mass is 10.1. The fourth-order valence-electron chi connectivity index (χ4n) is 2.60. The first-order chi connectivity index (χ1) is 11.5. The highest BCUT2D eigenvalue weighted by Crippen LogP contribution is 2.27. The topological polar surface area (TPSA) is 73.6 Å². The molecule has 0 saturated heterocycles. The van der Waals surface area contributed by atoms with Crippen molar-refractivity contribution in [3.05, 3.63) is 58.0 Å². The summed E-state index contributed by atoms with van der Waals surface area (Å²) in [6.07, 6.45) is 1.52. The van der Waals surface area contributed by atoms with Gasteiger partial charge in [-0.15, -0.1) is 0 Å². The lowest BCUT2D eigenvalue weighted by Gasteiger charge is -2.14. The Balaban J connectivity index is 2.19. The molecule has 1 N–H and O–H groups in total. The summed E-state index contributed by atoms with van der Waals surface area (Å²) >= 11 is 0. The molecule has 0 bridgehead atoms. The second-order valence-corrected chi connectivity index (χ2v) is 5.46. The van der Waals surface area contributed by atoms with Crippen molar-refractivity contribution in [2.24, 2.45) is 0 Å². The van der Waals surface area contributed by atoms with Crippen molar-refractivity contribution in [1.29, 1.82) is 0 Å². The Morgan fingerprint density at radius 2 is 1.79 bits per heavy atom. The van der Waals surface area contributed by atoms with E-state index in [1.807, 2.05) is 24.3 Å². The molecular formula is C18H18N2O4. The molecule has 0 aliphatic heterocycles. The van der Waals surface area contributed by atoms with Gasteiger partial charge >= 0.3 is 0 Å². The quantitative estimate of drug-likeness (QED) is 0.797. The van der Waals surface area contributed by atoms with Crippen molar-refractivity contribution in [3.63, 3.8) is 0 Å². The van der Waals surface area contributed by atoms with Crippen molar-refractivity contribution in [3.8, 4) is 17.2 Å². The molecule has 1 aromatic carbocycles. The number of methoxy groups -OCH3 is 2. The Bertz CT molecular complexity index is 946. The van der Waals surface area contributed by atoms with Crippen LogP contribution in [0.2, 0.25) is 0 Å². The number of hydrogen-bond acceptors (Lipinski definition) is 5. The van der Waals surface area contributed by atoms with Crippen molar-refractivity contribution in [1.82, 2.24) is 9.55 Å². The summed E-state index contributed by atoms with van der Waals surface area (Å²) in [4.78, 5) is 16.9. The van der Waals surface area contributed by atoms with Crippen molar-refractivity contribution >= 4 is 11.0 Å². The number of fused-ring (bicyclic) bond motifs is 1. The van der Waals surface area contributed by atoms with E-state index in [1.165, 1.54) is 13.3 Å². The molecule has 24 heavy (non-hydrogen) atoms. The minimum absolute atomic E-state index is 0.0939. The van der Waals surface area contributed by atoms with Gasteiger partial charge in [0.05, 0.1) is 38.0 Å². The van der Waals surface area contributed by atoms with E-state index in [1.54, 1.807) is 24.7 Å². The number of aromatic nitrogens is 2. The Labute approximate surface area is 138 Å².